The second kappa shape index (κ2) is 14.8. The zero-order chi connectivity index (χ0) is 33.8. The second-order valence-electron chi connectivity index (χ2n) is 13.2. The molecule has 3 aromatic carbocycles. The van der Waals surface area contributed by atoms with Gasteiger partial charge in [-0.15, -0.1) is 0 Å². The van der Waals surface area contributed by atoms with Crippen LogP contribution < -0.4 is 4.74 Å². The number of carbonyl (C=O) groups excluding carboxylic acids is 2. The number of aromatic hydroxyl groups is 1. The monoisotopic (exact) mass is 651 g/mol. The van der Waals surface area contributed by atoms with E-state index in [9.17, 15) is 24.5 Å². The Morgan fingerprint density at radius 1 is 0.958 bits per heavy atom. The number of fused-ring (bicyclic) bond motifs is 4. The highest BCUT2D eigenvalue weighted by Crippen LogP contribution is 2.50. The average molecular weight is 652 g/mol. The molecule has 250 valence electrons. The van der Waals surface area contributed by atoms with E-state index in [4.69, 9.17) is 14.5 Å². The van der Waals surface area contributed by atoms with Gasteiger partial charge < -0.3 is 24.6 Å². The normalized spacial score (nSPS) is 22.7. The number of aliphatic carboxylic acids is 1. The molecule has 48 heavy (non-hydrogen) atoms. The van der Waals surface area contributed by atoms with Gasteiger partial charge in [-0.3, -0.25) is 19.3 Å². The lowest BCUT2D eigenvalue weighted by Gasteiger charge is -2.43. The highest BCUT2D eigenvalue weighted by Gasteiger charge is 2.57. The van der Waals surface area contributed by atoms with E-state index in [0.717, 1.165) is 33.1 Å². The van der Waals surface area contributed by atoms with Crippen LogP contribution in [0.3, 0.4) is 0 Å². The number of benzene rings is 3. The number of hydrogen-bond donors (Lipinski definition) is 3. The van der Waals surface area contributed by atoms with Crippen molar-refractivity contribution in [2.75, 3.05) is 13.2 Å². The number of ether oxygens (including phenoxy) is 1. The molecule has 2 aliphatic heterocycles. The van der Waals surface area contributed by atoms with Crippen LogP contribution in [0, 0.1) is 17.8 Å². The number of carboxylic acid groups (broad SMARTS) is 1. The summed E-state index contributed by atoms with van der Waals surface area (Å²) in [6, 6.07) is 20.8. The van der Waals surface area contributed by atoms with Crippen molar-refractivity contribution in [3.63, 3.8) is 0 Å². The predicted molar refractivity (Wildman–Crippen MR) is 183 cm³/mol. The Morgan fingerprint density at radius 2 is 1.71 bits per heavy atom. The van der Waals surface area contributed by atoms with Gasteiger partial charge in [0.15, 0.2) is 0 Å². The fourth-order valence-corrected chi connectivity index (χ4v) is 7.72. The third-order valence-electron chi connectivity index (χ3n) is 9.97. The summed E-state index contributed by atoms with van der Waals surface area (Å²) in [6.07, 6.45) is 5.22. The number of hydrogen-bond acceptors (Lipinski definition) is 7. The van der Waals surface area contributed by atoms with Crippen molar-refractivity contribution in [2.24, 2.45) is 17.8 Å². The van der Waals surface area contributed by atoms with E-state index in [1.165, 1.54) is 4.90 Å². The number of nitrogens with zero attached hydrogens (tertiary/aromatic N) is 1. The van der Waals surface area contributed by atoms with E-state index < -0.39 is 31.0 Å². The maximum absolute atomic E-state index is 13.9. The number of phenols is 1. The number of imide groups is 1. The average Bonchev–Trinajstić information content (AvgIpc) is 3.32. The van der Waals surface area contributed by atoms with Crippen molar-refractivity contribution in [3.8, 4) is 11.5 Å². The van der Waals surface area contributed by atoms with Gasteiger partial charge in [-0.25, -0.2) is 0 Å². The Hall–Kier alpha value is -4.41. The molecule has 2 saturated heterocycles. The Kier molecular flexibility index (Phi) is 10.3. The number of carbonyl (C=O) groups is 3. The standard InChI is InChI=1S/C38H42BNO8/c1-24(20-25-16-17-32(41)29-13-8-7-12-28(25)29)15-18-33-35-26(23-47-27-10-4-2-5-11-27)21-30-36(31(35)22-39(46)48-33)38(45)40(37(30)44)19-9-3-6-14-34(42)43/h2,4-5,7-8,10-13,16-17,20,30-31,33,36,41,46H,3,6,9,14-15,18-19,21-23H2,1H3,(H,42,43)/b24-20+/t30-,31+,33-,36-/m1/s1. The predicted octanol–water partition coefficient (Wildman–Crippen LogP) is 6.25. The smallest absolute Gasteiger partial charge is 0.455 e. The first kappa shape index (κ1) is 33.5. The molecule has 0 radical (unpaired) electrons. The molecule has 9 nitrogen and oxygen atoms in total. The van der Waals surface area contributed by atoms with Crippen LogP contribution in [-0.4, -0.2) is 64.3 Å². The molecule has 0 spiro atoms. The minimum absolute atomic E-state index is 0.0622. The molecule has 2 fully saturated rings. The van der Waals surface area contributed by atoms with Crippen molar-refractivity contribution >= 4 is 41.8 Å². The van der Waals surface area contributed by atoms with E-state index in [0.29, 0.717) is 44.3 Å². The molecule has 4 atom stereocenters. The Labute approximate surface area is 281 Å². The molecular weight excluding hydrogens is 609 g/mol. The van der Waals surface area contributed by atoms with E-state index in [1.54, 1.807) is 6.07 Å². The first-order valence-corrected chi connectivity index (χ1v) is 16.9. The van der Waals surface area contributed by atoms with E-state index in [-0.39, 0.29) is 49.4 Å². The van der Waals surface area contributed by atoms with Gasteiger partial charge in [0.1, 0.15) is 18.1 Å². The van der Waals surface area contributed by atoms with Gasteiger partial charge in [0.2, 0.25) is 11.8 Å². The summed E-state index contributed by atoms with van der Waals surface area (Å²) in [5, 5.41) is 32.0. The number of unbranched alkanes of at least 4 members (excludes halogenated alkanes) is 2. The van der Waals surface area contributed by atoms with Crippen LogP contribution in [0.5, 0.6) is 11.5 Å². The lowest BCUT2D eigenvalue weighted by molar-refractivity contribution is -0.141. The van der Waals surface area contributed by atoms with Gasteiger partial charge >= 0.3 is 13.1 Å². The first-order chi connectivity index (χ1) is 23.2. The molecule has 3 N–H and O–H groups in total. The Balaban J connectivity index is 1.25. The van der Waals surface area contributed by atoms with E-state index in [2.05, 4.69) is 13.0 Å². The summed E-state index contributed by atoms with van der Waals surface area (Å²) < 4.78 is 12.4. The largest absolute Gasteiger partial charge is 0.507 e. The van der Waals surface area contributed by atoms with E-state index in [1.807, 2.05) is 60.7 Å². The third kappa shape index (κ3) is 7.20. The maximum Gasteiger partial charge on any atom is 0.455 e. The molecule has 0 bridgehead atoms. The molecule has 2 amide bonds. The lowest BCUT2D eigenvalue weighted by Crippen LogP contribution is -2.46. The number of likely N-dealkylation sites (tertiary alicyclic amines) is 1. The number of allylic oxidation sites excluding steroid dienone is 1. The van der Waals surface area contributed by atoms with Crippen LogP contribution in [0.15, 0.2) is 83.4 Å². The minimum Gasteiger partial charge on any atom is -0.507 e. The maximum atomic E-state index is 13.9. The summed E-state index contributed by atoms with van der Waals surface area (Å²) in [7, 11) is -1.07. The molecule has 3 aromatic rings. The van der Waals surface area contributed by atoms with Crippen molar-refractivity contribution in [1.82, 2.24) is 4.90 Å². The van der Waals surface area contributed by atoms with Crippen molar-refractivity contribution < 1.29 is 39.0 Å². The first-order valence-electron chi connectivity index (χ1n) is 16.9. The van der Waals surface area contributed by atoms with Crippen LogP contribution in [0.4, 0.5) is 0 Å². The van der Waals surface area contributed by atoms with E-state index >= 15 is 0 Å². The molecule has 1 aliphatic carbocycles. The van der Waals surface area contributed by atoms with Crippen molar-refractivity contribution in [1.29, 1.82) is 0 Å². The van der Waals surface area contributed by atoms with Crippen LogP contribution in [-0.2, 0) is 19.0 Å². The molecule has 0 saturated carbocycles. The van der Waals surface area contributed by atoms with Gasteiger partial charge in [0.05, 0.1) is 17.9 Å². The number of rotatable bonds is 13. The SMILES string of the molecule is C/C(=C\c1ccc(O)c2ccccc12)CC[C@H]1OB(O)C[C@H]2C1=C(COc1ccccc1)C[C@H]1C(=O)N(CCCCCC(=O)O)C(=O)[C@H]12. The summed E-state index contributed by atoms with van der Waals surface area (Å²) in [5.74, 6) is -1.79. The van der Waals surface area contributed by atoms with Crippen molar-refractivity contribution in [3.05, 3.63) is 89.0 Å². The quantitative estimate of drug-likeness (QED) is 0.0855. The van der Waals surface area contributed by atoms with Crippen molar-refractivity contribution in [2.45, 2.75) is 64.3 Å². The number of phenolic OH excluding ortho intramolecular Hbond substituents is 1. The molecule has 0 aromatic heterocycles. The zero-order valence-electron chi connectivity index (χ0n) is 27.2. The molecule has 3 aliphatic rings. The highest BCUT2D eigenvalue weighted by molar-refractivity contribution is 6.43. The molecule has 10 heteroatoms. The van der Waals surface area contributed by atoms with Gasteiger partial charge in [0, 0.05) is 18.4 Å². The van der Waals surface area contributed by atoms with Crippen LogP contribution in [0.25, 0.3) is 16.8 Å². The summed E-state index contributed by atoms with van der Waals surface area (Å²) in [6.45, 7) is 2.57. The fourth-order valence-electron chi connectivity index (χ4n) is 7.72. The number of para-hydroxylation sites is 1. The molecule has 2 heterocycles. The van der Waals surface area contributed by atoms with Crippen LogP contribution >= 0.6 is 0 Å². The number of carboxylic acids is 1. The van der Waals surface area contributed by atoms with Crippen LogP contribution in [0.2, 0.25) is 6.32 Å². The number of amides is 2. The fraction of sp³-hybridized carbons (Fsp3) is 0.395. The Morgan fingerprint density at radius 3 is 2.48 bits per heavy atom. The van der Waals surface area contributed by atoms with Crippen LogP contribution in [0.1, 0.15) is 57.4 Å². The third-order valence-corrected chi connectivity index (χ3v) is 9.97. The molecule has 0 unspecified atom stereocenters. The highest BCUT2D eigenvalue weighted by atomic mass is 16.5. The van der Waals surface area contributed by atoms with Gasteiger partial charge in [-0.1, -0.05) is 66.6 Å². The summed E-state index contributed by atoms with van der Waals surface area (Å²) in [4.78, 5) is 39.9. The van der Waals surface area contributed by atoms with Gasteiger partial charge in [-0.05, 0) is 91.6 Å². The van der Waals surface area contributed by atoms with Gasteiger partial charge in [0.25, 0.3) is 0 Å². The van der Waals surface area contributed by atoms with Gasteiger partial charge in [-0.2, -0.15) is 0 Å². The minimum atomic E-state index is -1.07. The lowest BCUT2D eigenvalue weighted by atomic mass is 9.58. The Bertz CT molecular complexity index is 1740. The summed E-state index contributed by atoms with van der Waals surface area (Å²) >= 11 is 0. The second-order valence-corrected chi connectivity index (χ2v) is 13.2. The zero-order valence-corrected chi connectivity index (χ0v) is 27.2. The molecule has 6 rings (SSSR count). The topological polar surface area (TPSA) is 134 Å². The molecular formula is C38H42BNO8. The summed E-state index contributed by atoms with van der Waals surface area (Å²) in [5.41, 5.74) is 4.00.